The number of aryl methyl sites for hydroxylation is 1. The minimum absolute atomic E-state index is 0.342. The highest BCUT2D eigenvalue weighted by Crippen LogP contribution is 2.19. The van der Waals surface area contributed by atoms with E-state index in [-0.39, 0.29) is 0 Å². The van der Waals surface area contributed by atoms with Gasteiger partial charge in [-0.1, -0.05) is 13.8 Å². The van der Waals surface area contributed by atoms with Crippen molar-refractivity contribution in [3.8, 4) is 6.07 Å². The van der Waals surface area contributed by atoms with Gasteiger partial charge in [0.1, 0.15) is 11.6 Å². The number of hydrogen-bond donors (Lipinski definition) is 2. The molecule has 1 aromatic rings. The Morgan fingerprint density at radius 1 is 1.19 bits per heavy atom. The fourth-order valence-corrected chi connectivity index (χ4v) is 2.48. The van der Waals surface area contributed by atoms with Gasteiger partial charge in [-0.2, -0.15) is 10.4 Å². The van der Waals surface area contributed by atoms with Crippen molar-refractivity contribution in [2.24, 2.45) is 0 Å². The standard InChI is InChI=1S/C13H21N5O2S/c1-4-10-11(9-14)13(18-17-12(10)5-2)15-7-6-8-16-21(3,19)20/h16H,4-8H2,1-3H3,(H,15,18). The van der Waals surface area contributed by atoms with E-state index >= 15 is 0 Å². The minimum Gasteiger partial charge on any atom is -0.367 e. The van der Waals surface area contributed by atoms with Crippen molar-refractivity contribution in [1.29, 1.82) is 5.26 Å². The fourth-order valence-electron chi connectivity index (χ4n) is 1.97. The first-order valence-corrected chi connectivity index (χ1v) is 8.79. The van der Waals surface area contributed by atoms with Gasteiger partial charge in [-0.05, 0) is 24.8 Å². The maximum Gasteiger partial charge on any atom is 0.208 e. The van der Waals surface area contributed by atoms with E-state index in [1.165, 1.54) is 0 Å². The normalized spacial score (nSPS) is 11.1. The topological polar surface area (TPSA) is 108 Å². The second kappa shape index (κ2) is 7.90. The molecule has 1 heterocycles. The van der Waals surface area contributed by atoms with E-state index in [1.807, 2.05) is 13.8 Å². The average Bonchev–Trinajstić information content (AvgIpc) is 2.44. The van der Waals surface area contributed by atoms with Crippen LogP contribution in [0.5, 0.6) is 0 Å². The summed E-state index contributed by atoms with van der Waals surface area (Å²) in [6.45, 7) is 4.82. The van der Waals surface area contributed by atoms with Gasteiger partial charge in [0.05, 0.1) is 11.9 Å². The van der Waals surface area contributed by atoms with Gasteiger partial charge in [-0.3, -0.25) is 0 Å². The SMILES string of the molecule is CCc1nnc(NCCCNS(C)(=O)=O)c(C#N)c1CC. The van der Waals surface area contributed by atoms with Crippen LogP contribution in [0.3, 0.4) is 0 Å². The Hall–Kier alpha value is -1.72. The van der Waals surface area contributed by atoms with Crippen LogP contribution in [0.2, 0.25) is 0 Å². The summed E-state index contributed by atoms with van der Waals surface area (Å²) in [4.78, 5) is 0. The fraction of sp³-hybridized carbons (Fsp3) is 0.615. The number of nitriles is 1. The number of nitrogens with zero attached hydrogens (tertiary/aromatic N) is 3. The molecule has 2 N–H and O–H groups in total. The predicted octanol–water partition coefficient (Wildman–Crippen LogP) is 0.824. The van der Waals surface area contributed by atoms with Gasteiger partial charge in [0.2, 0.25) is 10.0 Å². The monoisotopic (exact) mass is 311 g/mol. The first-order chi connectivity index (χ1) is 9.92. The van der Waals surface area contributed by atoms with Crippen LogP contribution in [-0.4, -0.2) is 38.0 Å². The Kier molecular flexibility index (Phi) is 6.52. The molecule has 116 valence electrons. The molecule has 1 rings (SSSR count). The summed E-state index contributed by atoms with van der Waals surface area (Å²) in [7, 11) is -3.16. The molecule has 0 spiro atoms. The molecule has 0 aliphatic rings. The molecule has 8 heteroatoms. The van der Waals surface area contributed by atoms with Crippen molar-refractivity contribution >= 4 is 15.8 Å². The van der Waals surface area contributed by atoms with Crippen molar-refractivity contribution in [2.45, 2.75) is 33.1 Å². The van der Waals surface area contributed by atoms with Crippen LogP contribution in [0, 0.1) is 11.3 Å². The van der Waals surface area contributed by atoms with Gasteiger partial charge in [0, 0.05) is 13.1 Å². The Labute approximate surface area is 125 Å². The van der Waals surface area contributed by atoms with Gasteiger partial charge in [-0.15, -0.1) is 5.10 Å². The number of anilines is 1. The van der Waals surface area contributed by atoms with Gasteiger partial charge >= 0.3 is 0 Å². The van der Waals surface area contributed by atoms with E-state index in [4.69, 9.17) is 0 Å². The highest BCUT2D eigenvalue weighted by atomic mass is 32.2. The quantitative estimate of drug-likeness (QED) is 0.688. The zero-order valence-corrected chi connectivity index (χ0v) is 13.4. The summed E-state index contributed by atoms with van der Waals surface area (Å²) in [5.41, 5.74) is 2.30. The third-order valence-corrected chi connectivity index (χ3v) is 3.70. The molecule has 0 saturated carbocycles. The summed E-state index contributed by atoms with van der Waals surface area (Å²) in [6, 6.07) is 2.18. The second-order valence-corrected chi connectivity index (χ2v) is 6.45. The van der Waals surface area contributed by atoms with Crippen molar-refractivity contribution in [3.63, 3.8) is 0 Å². The van der Waals surface area contributed by atoms with Crippen LogP contribution in [-0.2, 0) is 22.9 Å². The van der Waals surface area contributed by atoms with Gasteiger partial charge in [0.15, 0.2) is 5.82 Å². The maximum atomic E-state index is 10.9. The third kappa shape index (κ3) is 5.28. The van der Waals surface area contributed by atoms with Crippen LogP contribution in [0.15, 0.2) is 0 Å². The van der Waals surface area contributed by atoms with Gasteiger partial charge < -0.3 is 5.32 Å². The van der Waals surface area contributed by atoms with Crippen LogP contribution < -0.4 is 10.0 Å². The Bertz CT molecular complexity index is 622. The molecular weight excluding hydrogens is 290 g/mol. The van der Waals surface area contributed by atoms with Gasteiger partial charge in [-0.25, -0.2) is 13.1 Å². The van der Waals surface area contributed by atoms with Crippen LogP contribution in [0.25, 0.3) is 0 Å². The zero-order valence-electron chi connectivity index (χ0n) is 12.6. The zero-order chi connectivity index (χ0) is 15.9. The van der Waals surface area contributed by atoms with E-state index in [0.717, 1.165) is 30.4 Å². The number of hydrogen-bond acceptors (Lipinski definition) is 6. The molecule has 21 heavy (non-hydrogen) atoms. The molecule has 0 unspecified atom stereocenters. The van der Waals surface area contributed by atoms with E-state index in [1.54, 1.807) is 0 Å². The van der Waals surface area contributed by atoms with Crippen LogP contribution in [0.4, 0.5) is 5.82 Å². The molecule has 0 saturated heterocycles. The Balaban J connectivity index is 2.70. The summed E-state index contributed by atoms with van der Waals surface area (Å²) in [6.07, 6.45) is 3.18. The number of aromatic nitrogens is 2. The van der Waals surface area contributed by atoms with E-state index < -0.39 is 10.0 Å². The summed E-state index contributed by atoms with van der Waals surface area (Å²) in [5.74, 6) is 0.464. The molecule has 0 radical (unpaired) electrons. The van der Waals surface area contributed by atoms with Crippen LogP contribution in [0.1, 0.15) is 37.1 Å². The lowest BCUT2D eigenvalue weighted by atomic mass is 10.0. The van der Waals surface area contributed by atoms with Crippen molar-refractivity contribution < 1.29 is 8.42 Å². The Morgan fingerprint density at radius 2 is 1.90 bits per heavy atom. The summed E-state index contributed by atoms with van der Waals surface area (Å²) < 4.78 is 24.3. The number of rotatable bonds is 8. The predicted molar refractivity (Wildman–Crippen MR) is 81.5 cm³/mol. The van der Waals surface area contributed by atoms with E-state index in [9.17, 15) is 13.7 Å². The molecule has 0 aliphatic carbocycles. The molecule has 0 atom stereocenters. The lowest BCUT2D eigenvalue weighted by Crippen LogP contribution is -2.24. The highest BCUT2D eigenvalue weighted by Gasteiger charge is 2.13. The molecule has 7 nitrogen and oxygen atoms in total. The van der Waals surface area contributed by atoms with Crippen molar-refractivity contribution in [1.82, 2.24) is 14.9 Å². The number of nitrogens with one attached hydrogen (secondary N) is 2. The molecule has 0 amide bonds. The largest absolute Gasteiger partial charge is 0.367 e. The second-order valence-electron chi connectivity index (χ2n) is 4.61. The third-order valence-electron chi connectivity index (χ3n) is 2.97. The smallest absolute Gasteiger partial charge is 0.208 e. The summed E-state index contributed by atoms with van der Waals surface area (Å²) in [5, 5.41) is 20.5. The van der Waals surface area contributed by atoms with Crippen molar-refractivity contribution in [3.05, 3.63) is 16.8 Å². The molecular formula is C13H21N5O2S. The van der Waals surface area contributed by atoms with E-state index in [0.29, 0.717) is 30.9 Å². The van der Waals surface area contributed by atoms with Crippen molar-refractivity contribution in [2.75, 3.05) is 24.7 Å². The summed E-state index contributed by atoms with van der Waals surface area (Å²) >= 11 is 0. The first kappa shape index (κ1) is 17.3. The molecule has 0 aliphatic heterocycles. The lowest BCUT2D eigenvalue weighted by molar-refractivity contribution is 0.586. The molecule has 0 bridgehead atoms. The minimum atomic E-state index is -3.16. The highest BCUT2D eigenvalue weighted by molar-refractivity contribution is 7.88. The van der Waals surface area contributed by atoms with Gasteiger partial charge in [0.25, 0.3) is 0 Å². The molecule has 1 aromatic heterocycles. The first-order valence-electron chi connectivity index (χ1n) is 6.89. The van der Waals surface area contributed by atoms with Crippen LogP contribution >= 0.6 is 0 Å². The molecule has 0 aromatic carbocycles. The average molecular weight is 311 g/mol. The lowest BCUT2D eigenvalue weighted by Gasteiger charge is -2.11. The van der Waals surface area contributed by atoms with E-state index in [2.05, 4.69) is 26.3 Å². The maximum absolute atomic E-state index is 10.9. The number of sulfonamides is 1. The molecule has 0 fully saturated rings. The Morgan fingerprint density at radius 3 is 2.43 bits per heavy atom.